The molecule has 5 heteroatoms. The van der Waals surface area contributed by atoms with Crippen LogP contribution in [0.15, 0.2) is 0 Å². The van der Waals surface area contributed by atoms with Crippen LogP contribution in [0.2, 0.25) is 10.1 Å². The summed E-state index contributed by atoms with van der Waals surface area (Å²) < 4.78 is 0. The third kappa shape index (κ3) is 1.93. The quantitative estimate of drug-likeness (QED) is 0.411. The topological polar surface area (TPSA) is 80.9 Å². The van der Waals surface area contributed by atoms with Crippen molar-refractivity contribution in [3.63, 3.8) is 0 Å². The van der Waals surface area contributed by atoms with Crippen LogP contribution in [-0.2, 0) is 0 Å². The normalized spacial score (nSPS) is 40.9. The minimum atomic E-state index is -0.873. The fourth-order valence-electron chi connectivity index (χ4n) is 1.07. The van der Waals surface area contributed by atoms with E-state index in [1.807, 2.05) is 0 Å². The molecule has 1 aliphatic rings. The van der Waals surface area contributed by atoms with Gasteiger partial charge in [-0.3, -0.25) is 0 Å². The van der Waals surface area contributed by atoms with E-state index < -0.39 is 18.3 Å². The van der Waals surface area contributed by atoms with Gasteiger partial charge in [-0.15, -0.1) is 0 Å². The number of hydrogen-bond acceptors (Lipinski definition) is 4. The Morgan fingerprint density at radius 3 is 2.45 bits per heavy atom. The monoisotopic (exact) mass is 228 g/mol. The van der Waals surface area contributed by atoms with Crippen LogP contribution in [-0.4, -0.2) is 60.3 Å². The van der Waals surface area contributed by atoms with Gasteiger partial charge in [-0.25, -0.2) is 0 Å². The van der Waals surface area contributed by atoms with Crippen LogP contribution in [0.25, 0.3) is 0 Å². The van der Waals surface area contributed by atoms with Gasteiger partial charge in [-0.2, -0.15) is 0 Å². The zero-order chi connectivity index (χ0) is 8.43. The molecule has 0 amide bonds. The van der Waals surface area contributed by atoms with Crippen molar-refractivity contribution in [3.05, 3.63) is 0 Å². The van der Waals surface area contributed by atoms with Gasteiger partial charge in [-0.1, -0.05) is 0 Å². The van der Waals surface area contributed by atoms with E-state index in [-0.39, 0.29) is 26.4 Å². The van der Waals surface area contributed by atoms with E-state index in [2.05, 4.69) is 0 Å². The fraction of sp³-hybridized carbons (Fsp3) is 1.00. The third-order valence-corrected chi connectivity index (χ3v) is 4.93. The molecule has 66 valence electrons. The van der Waals surface area contributed by atoms with E-state index in [4.69, 9.17) is 15.3 Å². The van der Waals surface area contributed by atoms with Crippen molar-refractivity contribution in [2.75, 3.05) is 6.61 Å². The van der Waals surface area contributed by atoms with Crippen LogP contribution in [0.4, 0.5) is 0 Å². The molecule has 0 radical (unpaired) electrons. The van der Waals surface area contributed by atoms with E-state index in [1.165, 1.54) is 0 Å². The van der Waals surface area contributed by atoms with Crippen LogP contribution < -0.4 is 0 Å². The number of hydrogen-bond donors (Lipinski definition) is 4. The molecule has 1 aliphatic heterocycles. The second kappa shape index (κ2) is 3.85. The Balaban J connectivity index is 2.47. The molecule has 0 bridgehead atoms. The molecule has 0 aromatic heterocycles. The van der Waals surface area contributed by atoms with E-state index in [1.54, 1.807) is 0 Å². The third-order valence-electron chi connectivity index (χ3n) is 1.76. The molecular weight excluding hydrogens is 215 g/mol. The van der Waals surface area contributed by atoms with Gasteiger partial charge in [0.15, 0.2) is 0 Å². The van der Waals surface area contributed by atoms with Crippen LogP contribution in [0.5, 0.6) is 0 Å². The van der Waals surface area contributed by atoms with Crippen LogP contribution >= 0.6 is 0 Å². The Morgan fingerprint density at radius 1 is 1.45 bits per heavy atom. The summed E-state index contributed by atoms with van der Waals surface area (Å²) >= 11 is 0.0426. The fourth-order valence-corrected chi connectivity index (χ4v) is 3.80. The average Bonchev–Trinajstić information content (AvgIpc) is 2.32. The molecule has 0 spiro atoms. The number of aliphatic hydroxyl groups excluding tert-OH is 4. The molecule has 4 atom stereocenters. The molecule has 1 saturated heterocycles. The second-order valence-electron chi connectivity index (χ2n) is 2.61. The van der Waals surface area contributed by atoms with Crippen LogP contribution in [0, 0.1) is 0 Å². The number of aliphatic hydroxyl groups is 4. The summed E-state index contributed by atoms with van der Waals surface area (Å²) in [5.41, 5.74) is 0. The molecular formula is C6H12O4Se. The Bertz CT molecular complexity index is 132. The minimum absolute atomic E-state index is 0.0426. The first-order valence-corrected chi connectivity index (χ1v) is 5.63. The predicted octanol–water partition coefficient (Wildman–Crippen LogP) is -2.01. The van der Waals surface area contributed by atoms with Gasteiger partial charge in [0.1, 0.15) is 0 Å². The van der Waals surface area contributed by atoms with Gasteiger partial charge in [0.05, 0.1) is 0 Å². The number of rotatable bonds is 2. The van der Waals surface area contributed by atoms with E-state index in [0.717, 1.165) is 0 Å². The van der Waals surface area contributed by atoms with E-state index in [0.29, 0.717) is 5.32 Å². The van der Waals surface area contributed by atoms with Crippen molar-refractivity contribution in [2.24, 2.45) is 0 Å². The zero-order valence-electron chi connectivity index (χ0n) is 5.92. The summed E-state index contributed by atoms with van der Waals surface area (Å²) in [5.74, 6) is 0. The predicted molar refractivity (Wildman–Crippen MR) is 39.4 cm³/mol. The van der Waals surface area contributed by atoms with Gasteiger partial charge < -0.3 is 0 Å². The van der Waals surface area contributed by atoms with Gasteiger partial charge in [-0.05, 0) is 0 Å². The van der Waals surface area contributed by atoms with Crippen molar-refractivity contribution in [1.29, 1.82) is 0 Å². The van der Waals surface area contributed by atoms with Crippen molar-refractivity contribution < 1.29 is 20.4 Å². The van der Waals surface area contributed by atoms with Crippen LogP contribution in [0.1, 0.15) is 0 Å². The van der Waals surface area contributed by atoms with E-state index >= 15 is 0 Å². The molecule has 0 aliphatic carbocycles. The Hall–Kier alpha value is 0.359. The standard InChI is InChI=1S/C6H12O4Se/c7-1-3(8)6-5(10)4(9)2-11-6/h3-10H,1-2H2/t3-,4-,5+,6+/m1/s1. The molecule has 4 N–H and O–H groups in total. The van der Waals surface area contributed by atoms with Crippen molar-refractivity contribution in [3.8, 4) is 0 Å². The molecule has 1 rings (SSSR count). The maximum atomic E-state index is 9.25. The average molecular weight is 227 g/mol. The molecule has 0 aromatic rings. The summed E-state index contributed by atoms with van der Waals surface area (Å²) in [6, 6.07) is 0. The molecule has 4 nitrogen and oxygen atoms in total. The molecule has 11 heavy (non-hydrogen) atoms. The molecule has 0 unspecified atom stereocenters. The molecule has 0 saturated carbocycles. The summed E-state index contributed by atoms with van der Waals surface area (Å²) in [6.45, 7) is -0.337. The summed E-state index contributed by atoms with van der Waals surface area (Å²) in [5, 5.41) is 36.6. The summed E-state index contributed by atoms with van der Waals surface area (Å²) in [6.07, 6.45) is -2.43. The first-order chi connectivity index (χ1) is 5.16. The summed E-state index contributed by atoms with van der Waals surface area (Å²) in [7, 11) is 0. The SMILES string of the molecule is OC[C@@H](O)[C@@H]1[Se]C[C@@H](O)[C@@H]1O. The van der Waals surface area contributed by atoms with Crippen LogP contribution in [0.3, 0.4) is 0 Å². The van der Waals surface area contributed by atoms with Gasteiger partial charge >= 0.3 is 70.4 Å². The first-order valence-electron chi connectivity index (χ1n) is 3.43. The Labute approximate surface area is 71.0 Å². The van der Waals surface area contributed by atoms with Crippen molar-refractivity contribution in [1.82, 2.24) is 0 Å². The van der Waals surface area contributed by atoms with Gasteiger partial charge in [0, 0.05) is 0 Å². The molecule has 1 heterocycles. The molecule has 1 fully saturated rings. The summed E-state index contributed by atoms with van der Waals surface area (Å²) in [4.78, 5) is -0.303. The van der Waals surface area contributed by atoms with Gasteiger partial charge in [0.25, 0.3) is 0 Å². The first kappa shape index (κ1) is 9.45. The van der Waals surface area contributed by atoms with Gasteiger partial charge in [0.2, 0.25) is 0 Å². The second-order valence-corrected chi connectivity index (χ2v) is 5.15. The zero-order valence-corrected chi connectivity index (χ0v) is 7.63. The molecule has 0 aromatic carbocycles. The van der Waals surface area contributed by atoms with E-state index in [9.17, 15) is 5.11 Å². The maximum absolute atomic E-state index is 9.25. The van der Waals surface area contributed by atoms with Crippen molar-refractivity contribution in [2.45, 2.75) is 28.4 Å². The van der Waals surface area contributed by atoms with Crippen molar-refractivity contribution >= 4 is 15.0 Å². The Kier molecular flexibility index (Phi) is 3.30. The Morgan fingerprint density at radius 2 is 2.09 bits per heavy atom.